The van der Waals surface area contributed by atoms with E-state index in [1.54, 1.807) is 17.5 Å². The maximum atomic E-state index is 13.1. The minimum Gasteiger partial charge on any atom is -0.368 e. The molecule has 0 radical (unpaired) electrons. The molecule has 1 aliphatic carbocycles. The van der Waals surface area contributed by atoms with Crippen molar-refractivity contribution >= 4 is 28.4 Å². The second-order valence-electron chi connectivity index (χ2n) is 6.97. The van der Waals surface area contributed by atoms with E-state index in [9.17, 15) is 14.0 Å². The molecule has 156 valence electrons. The number of benzene rings is 1. The number of carbonyl (C=O) groups excluding carboxylic acids is 2. The highest BCUT2D eigenvalue weighted by Crippen LogP contribution is 2.29. The number of nitrogens with one attached hydrogen (secondary N) is 3. The summed E-state index contributed by atoms with van der Waals surface area (Å²) in [5.74, 6) is 0.110. The molecule has 1 atom stereocenters. The van der Waals surface area contributed by atoms with Crippen LogP contribution in [0.4, 0.5) is 14.3 Å². The number of halogens is 1. The zero-order chi connectivity index (χ0) is 20.6. The minimum atomic E-state index is -0.444. The topological polar surface area (TPSA) is 92.4 Å². The first-order chi connectivity index (χ1) is 14.0. The van der Waals surface area contributed by atoms with E-state index in [4.69, 9.17) is 4.74 Å². The van der Waals surface area contributed by atoms with E-state index >= 15 is 0 Å². The summed E-state index contributed by atoms with van der Waals surface area (Å²) < 4.78 is 18.8. The molecule has 0 bridgehead atoms. The van der Waals surface area contributed by atoms with Crippen molar-refractivity contribution in [3.05, 3.63) is 46.7 Å². The fourth-order valence-corrected chi connectivity index (χ4v) is 3.33. The molecule has 3 rings (SSSR count). The highest BCUT2D eigenvalue weighted by molar-refractivity contribution is 7.13. The van der Waals surface area contributed by atoms with Crippen molar-refractivity contribution < 1.29 is 18.7 Å². The normalized spacial score (nSPS) is 14.3. The first kappa shape index (κ1) is 21.2. The second-order valence-corrected chi connectivity index (χ2v) is 7.83. The fourth-order valence-electron chi connectivity index (χ4n) is 2.62. The van der Waals surface area contributed by atoms with Gasteiger partial charge in [-0.3, -0.25) is 10.1 Å². The van der Waals surface area contributed by atoms with Crippen LogP contribution < -0.4 is 16.0 Å². The van der Waals surface area contributed by atoms with Crippen LogP contribution in [0.15, 0.2) is 29.6 Å². The van der Waals surface area contributed by atoms with E-state index < -0.39 is 12.1 Å². The van der Waals surface area contributed by atoms with Gasteiger partial charge < -0.3 is 15.4 Å². The van der Waals surface area contributed by atoms with Crippen LogP contribution in [-0.4, -0.2) is 29.6 Å². The van der Waals surface area contributed by atoms with E-state index in [0.29, 0.717) is 35.3 Å². The standard InChI is InChI=1S/C20H25FN4O3S/c1-2-17(28-11-13-6-7-13)18(26)22-10-16-12-29-20(24-16)25-19(27)23-9-14-4-3-5-15(21)8-14/h3-5,8,12-13,17H,2,6-7,9-11H2,1H3,(H,22,26)(H2,23,24,25,27). The summed E-state index contributed by atoms with van der Waals surface area (Å²) in [6.07, 6.45) is 2.54. The Labute approximate surface area is 173 Å². The second kappa shape index (κ2) is 10.3. The van der Waals surface area contributed by atoms with Crippen molar-refractivity contribution in [3.63, 3.8) is 0 Å². The van der Waals surface area contributed by atoms with Gasteiger partial charge in [-0.05, 0) is 42.9 Å². The first-order valence-electron chi connectivity index (χ1n) is 9.66. The number of thiazole rings is 1. The van der Waals surface area contributed by atoms with E-state index in [1.807, 2.05) is 6.92 Å². The maximum Gasteiger partial charge on any atom is 0.321 e. The number of ether oxygens (including phenoxy) is 1. The van der Waals surface area contributed by atoms with Gasteiger partial charge >= 0.3 is 6.03 Å². The van der Waals surface area contributed by atoms with Gasteiger partial charge in [-0.1, -0.05) is 19.1 Å². The number of aromatic nitrogens is 1. The third-order valence-electron chi connectivity index (χ3n) is 4.45. The third-order valence-corrected chi connectivity index (χ3v) is 5.26. The van der Waals surface area contributed by atoms with Gasteiger partial charge in [-0.2, -0.15) is 0 Å². The Bertz CT molecular complexity index is 841. The van der Waals surface area contributed by atoms with Gasteiger partial charge in [0.2, 0.25) is 5.91 Å². The van der Waals surface area contributed by atoms with Crippen LogP contribution in [0, 0.1) is 11.7 Å². The molecule has 1 saturated carbocycles. The van der Waals surface area contributed by atoms with Crippen LogP contribution in [0.3, 0.4) is 0 Å². The third kappa shape index (κ3) is 7.10. The van der Waals surface area contributed by atoms with Crippen LogP contribution in [-0.2, 0) is 22.6 Å². The van der Waals surface area contributed by atoms with Crippen molar-refractivity contribution in [2.24, 2.45) is 5.92 Å². The van der Waals surface area contributed by atoms with Crippen molar-refractivity contribution in [1.82, 2.24) is 15.6 Å². The smallest absolute Gasteiger partial charge is 0.321 e. The monoisotopic (exact) mass is 420 g/mol. The molecular formula is C20H25FN4O3S. The van der Waals surface area contributed by atoms with Crippen molar-refractivity contribution in [1.29, 1.82) is 0 Å². The molecule has 0 aliphatic heterocycles. The molecule has 3 amide bonds. The summed E-state index contributed by atoms with van der Waals surface area (Å²) in [6.45, 7) is 3.04. The van der Waals surface area contributed by atoms with Gasteiger partial charge in [0.05, 0.1) is 18.8 Å². The van der Waals surface area contributed by atoms with E-state index in [0.717, 1.165) is 0 Å². The Hall–Kier alpha value is -2.52. The van der Waals surface area contributed by atoms with E-state index in [1.165, 1.54) is 36.3 Å². The Balaban J connectivity index is 1.40. The van der Waals surface area contributed by atoms with Crippen LogP contribution in [0.1, 0.15) is 37.4 Å². The average molecular weight is 421 g/mol. The van der Waals surface area contributed by atoms with E-state index in [2.05, 4.69) is 20.9 Å². The highest BCUT2D eigenvalue weighted by atomic mass is 32.1. The first-order valence-corrected chi connectivity index (χ1v) is 10.5. The number of hydrogen-bond acceptors (Lipinski definition) is 5. The average Bonchev–Trinajstić information content (AvgIpc) is 3.43. The van der Waals surface area contributed by atoms with Crippen LogP contribution in [0.5, 0.6) is 0 Å². The molecule has 29 heavy (non-hydrogen) atoms. The summed E-state index contributed by atoms with van der Waals surface area (Å²) in [7, 11) is 0. The summed E-state index contributed by atoms with van der Waals surface area (Å²) in [5, 5.41) is 10.3. The summed E-state index contributed by atoms with van der Waals surface area (Å²) >= 11 is 1.26. The summed E-state index contributed by atoms with van der Waals surface area (Å²) in [4.78, 5) is 28.5. The van der Waals surface area contributed by atoms with Crippen molar-refractivity contribution in [3.8, 4) is 0 Å². The largest absolute Gasteiger partial charge is 0.368 e. The van der Waals surface area contributed by atoms with Crippen LogP contribution in [0.2, 0.25) is 0 Å². The quantitative estimate of drug-likeness (QED) is 0.549. The van der Waals surface area contributed by atoms with Gasteiger partial charge in [0.25, 0.3) is 0 Å². The molecule has 2 aromatic rings. The Kier molecular flexibility index (Phi) is 7.54. The Morgan fingerprint density at radius 1 is 1.31 bits per heavy atom. The lowest BCUT2D eigenvalue weighted by Crippen LogP contribution is -2.36. The maximum absolute atomic E-state index is 13.1. The lowest BCUT2D eigenvalue weighted by Gasteiger charge is -2.15. The molecule has 1 aliphatic rings. The lowest BCUT2D eigenvalue weighted by atomic mass is 10.2. The molecule has 1 heterocycles. The molecule has 7 nitrogen and oxygen atoms in total. The number of nitrogens with zero attached hydrogens (tertiary/aromatic N) is 1. The molecule has 1 unspecified atom stereocenters. The van der Waals surface area contributed by atoms with Gasteiger partial charge in [-0.25, -0.2) is 14.2 Å². The number of hydrogen-bond donors (Lipinski definition) is 3. The summed E-state index contributed by atoms with van der Waals surface area (Å²) in [6, 6.07) is 5.60. The Morgan fingerprint density at radius 2 is 2.14 bits per heavy atom. The highest BCUT2D eigenvalue weighted by Gasteiger charge is 2.25. The van der Waals surface area contributed by atoms with Gasteiger partial charge in [0, 0.05) is 11.9 Å². The van der Waals surface area contributed by atoms with Gasteiger partial charge in [-0.15, -0.1) is 11.3 Å². The molecule has 1 aromatic carbocycles. The molecule has 1 aromatic heterocycles. The summed E-state index contributed by atoms with van der Waals surface area (Å²) in [5.41, 5.74) is 1.32. The van der Waals surface area contributed by atoms with Crippen LogP contribution in [0.25, 0.3) is 0 Å². The van der Waals surface area contributed by atoms with Crippen LogP contribution >= 0.6 is 11.3 Å². The zero-order valence-corrected chi connectivity index (χ0v) is 17.1. The number of carbonyl (C=O) groups is 2. The molecule has 1 fully saturated rings. The molecule has 0 spiro atoms. The fraction of sp³-hybridized carbons (Fsp3) is 0.450. The van der Waals surface area contributed by atoms with Gasteiger partial charge in [0.1, 0.15) is 11.9 Å². The molecular weight excluding hydrogens is 395 g/mol. The van der Waals surface area contributed by atoms with Gasteiger partial charge in [0.15, 0.2) is 5.13 Å². The molecule has 3 N–H and O–H groups in total. The minimum absolute atomic E-state index is 0.150. The molecule has 9 heteroatoms. The Morgan fingerprint density at radius 3 is 2.86 bits per heavy atom. The van der Waals surface area contributed by atoms with E-state index in [-0.39, 0.29) is 24.8 Å². The number of urea groups is 1. The van der Waals surface area contributed by atoms with Crippen molar-refractivity contribution in [2.75, 3.05) is 11.9 Å². The zero-order valence-electron chi connectivity index (χ0n) is 16.2. The predicted molar refractivity (Wildman–Crippen MR) is 109 cm³/mol. The van der Waals surface area contributed by atoms with Crippen molar-refractivity contribution in [2.45, 2.75) is 45.4 Å². The number of amides is 3. The predicted octanol–water partition coefficient (Wildman–Crippen LogP) is 3.43. The SMILES string of the molecule is CCC(OCC1CC1)C(=O)NCc1csc(NC(=O)NCc2cccc(F)c2)n1. The number of anilines is 1. The molecule has 0 saturated heterocycles. The number of rotatable bonds is 10. The lowest BCUT2D eigenvalue weighted by molar-refractivity contribution is -0.133.